The first-order valence-corrected chi connectivity index (χ1v) is 7.88. The summed E-state index contributed by atoms with van der Waals surface area (Å²) in [7, 11) is 0. The van der Waals surface area contributed by atoms with E-state index >= 15 is 0 Å². The van der Waals surface area contributed by atoms with Gasteiger partial charge in [0.15, 0.2) is 0 Å². The average Bonchev–Trinajstić information content (AvgIpc) is 2.73. The van der Waals surface area contributed by atoms with Gasteiger partial charge in [-0.15, -0.1) is 11.3 Å². The molecular weight excluding hydrogens is 294 g/mol. The zero-order valence-electron chi connectivity index (χ0n) is 9.79. The fourth-order valence-corrected chi connectivity index (χ4v) is 3.83. The normalized spacial score (nSPS) is 17.7. The monoisotopic (exact) mass is 309 g/mol. The second-order valence-electron chi connectivity index (χ2n) is 4.74. The number of likely N-dealkylation sites (tertiary alicyclic amines) is 1. The molecule has 0 aliphatic carbocycles. The highest BCUT2D eigenvalue weighted by molar-refractivity contribution is 9.10. The summed E-state index contributed by atoms with van der Waals surface area (Å²) in [5.41, 5.74) is 1.49. The maximum atomic E-state index is 3.57. The molecule has 1 aliphatic heterocycles. The predicted octanol–water partition coefficient (Wildman–Crippen LogP) is 4.65. The van der Waals surface area contributed by atoms with E-state index in [1.165, 1.54) is 52.5 Å². The molecule has 1 aromatic carbocycles. The molecule has 0 bridgehead atoms. The van der Waals surface area contributed by atoms with E-state index in [0.29, 0.717) is 0 Å². The number of hydrogen-bond donors (Lipinski definition) is 0. The molecule has 90 valence electrons. The third kappa shape index (κ3) is 2.56. The smallest absolute Gasteiger partial charge is 0.0346 e. The molecule has 3 rings (SSSR count). The molecule has 1 aliphatic rings. The van der Waals surface area contributed by atoms with Gasteiger partial charge in [0.2, 0.25) is 0 Å². The standard InChI is InChI=1S/C14H16BrNS/c15-12-4-5-14-13(8-12)11(10-17-14)9-16-6-2-1-3-7-16/h4-5,8,10H,1-3,6-7,9H2. The predicted molar refractivity (Wildman–Crippen MR) is 78.7 cm³/mol. The Morgan fingerprint density at radius 2 is 2.00 bits per heavy atom. The van der Waals surface area contributed by atoms with E-state index in [9.17, 15) is 0 Å². The highest BCUT2D eigenvalue weighted by Crippen LogP contribution is 2.30. The molecule has 0 atom stereocenters. The molecule has 17 heavy (non-hydrogen) atoms. The van der Waals surface area contributed by atoms with Crippen molar-refractivity contribution >= 4 is 37.4 Å². The van der Waals surface area contributed by atoms with E-state index in [1.807, 2.05) is 11.3 Å². The average molecular weight is 310 g/mol. The molecule has 0 amide bonds. The third-order valence-corrected chi connectivity index (χ3v) is 4.96. The lowest BCUT2D eigenvalue weighted by molar-refractivity contribution is 0.222. The van der Waals surface area contributed by atoms with Crippen LogP contribution in [0.25, 0.3) is 10.1 Å². The van der Waals surface area contributed by atoms with Crippen molar-refractivity contribution in [2.75, 3.05) is 13.1 Å². The molecule has 0 unspecified atom stereocenters. The summed E-state index contributed by atoms with van der Waals surface area (Å²) >= 11 is 5.43. The quantitative estimate of drug-likeness (QED) is 0.780. The van der Waals surface area contributed by atoms with Crippen molar-refractivity contribution in [3.8, 4) is 0 Å². The molecule has 1 saturated heterocycles. The van der Waals surface area contributed by atoms with E-state index < -0.39 is 0 Å². The Morgan fingerprint density at radius 1 is 1.18 bits per heavy atom. The molecule has 0 N–H and O–H groups in total. The van der Waals surface area contributed by atoms with Gasteiger partial charge < -0.3 is 0 Å². The van der Waals surface area contributed by atoms with Crippen LogP contribution in [-0.2, 0) is 6.54 Å². The Hall–Kier alpha value is -0.380. The first kappa shape index (κ1) is 11.7. The van der Waals surface area contributed by atoms with E-state index in [4.69, 9.17) is 0 Å². The highest BCUT2D eigenvalue weighted by atomic mass is 79.9. The van der Waals surface area contributed by atoms with Crippen molar-refractivity contribution in [2.45, 2.75) is 25.8 Å². The molecule has 0 spiro atoms. The van der Waals surface area contributed by atoms with Gasteiger partial charge in [0, 0.05) is 15.7 Å². The summed E-state index contributed by atoms with van der Waals surface area (Å²) in [6, 6.07) is 6.60. The second-order valence-corrected chi connectivity index (χ2v) is 6.57. The number of hydrogen-bond acceptors (Lipinski definition) is 2. The number of nitrogens with zero attached hydrogens (tertiary/aromatic N) is 1. The fraction of sp³-hybridized carbons (Fsp3) is 0.429. The van der Waals surface area contributed by atoms with Gasteiger partial charge >= 0.3 is 0 Å². The van der Waals surface area contributed by atoms with Crippen molar-refractivity contribution in [2.24, 2.45) is 0 Å². The lowest BCUT2D eigenvalue weighted by atomic mass is 10.1. The van der Waals surface area contributed by atoms with Gasteiger partial charge in [-0.1, -0.05) is 22.4 Å². The summed E-state index contributed by atoms with van der Waals surface area (Å²) in [5.74, 6) is 0. The molecule has 2 heterocycles. The number of piperidine rings is 1. The van der Waals surface area contributed by atoms with E-state index in [0.717, 1.165) is 6.54 Å². The SMILES string of the molecule is Brc1ccc2scc(CN3CCCCC3)c2c1. The lowest BCUT2D eigenvalue weighted by Crippen LogP contribution is -2.28. The van der Waals surface area contributed by atoms with Crippen molar-refractivity contribution in [1.29, 1.82) is 0 Å². The van der Waals surface area contributed by atoms with Crippen LogP contribution in [0.3, 0.4) is 0 Å². The van der Waals surface area contributed by atoms with Crippen LogP contribution in [0.2, 0.25) is 0 Å². The summed E-state index contributed by atoms with van der Waals surface area (Å²) in [5, 5.41) is 3.75. The maximum absolute atomic E-state index is 3.57. The van der Waals surface area contributed by atoms with Crippen molar-refractivity contribution in [1.82, 2.24) is 4.90 Å². The van der Waals surface area contributed by atoms with Crippen LogP contribution in [-0.4, -0.2) is 18.0 Å². The van der Waals surface area contributed by atoms with Crippen molar-refractivity contribution < 1.29 is 0 Å². The topological polar surface area (TPSA) is 3.24 Å². The Balaban J connectivity index is 1.86. The van der Waals surface area contributed by atoms with Crippen LogP contribution in [0.15, 0.2) is 28.1 Å². The van der Waals surface area contributed by atoms with Gasteiger partial charge in [-0.05, 0) is 60.5 Å². The molecule has 0 radical (unpaired) electrons. The highest BCUT2D eigenvalue weighted by Gasteiger charge is 2.12. The van der Waals surface area contributed by atoms with Crippen molar-refractivity contribution in [3.63, 3.8) is 0 Å². The van der Waals surface area contributed by atoms with E-state index in [2.05, 4.69) is 44.4 Å². The number of thiophene rings is 1. The van der Waals surface area contributed by atoms with Crippen LogP contribution in [0.4, 0.5) is 0 Å². The zero-order chi connectivity index (χ0) is 11.7. The van der Waals surface area contributed by atoms with Gasteiger partial charge in [-0.2, -0.15) is 0 Å². The number of halogens is 1. The molecular formula is C14H16BrNS. The maximum Gasteiger partial charge on any atom is 0.0346 e. The van der Waals surface area contributed by atoms with E-state index in [1.54, 1.807) is 0 Å². The minimum Gasteiger partial charge on any atom is -0.299 e. The van der Waals surface area contributed by atoms with Gasteiger partial charge in [0.05, 0.1) is 0 Å². The first-order valence-electron chi connectivity index (χ1n) is 6.21. The Bertz CT molecular complexity index is 514. The summed E-state index contributed by atoms with van der Waals surface area (Å²) in [4.78, 5) is 2.59. The van der Waals surface area contributed by atoms with Gasteiger partial charge in [0.1, 0.15) is 0 Å². The summed E-state index contributed by atoms with van der Waals surface area (Å²) in [6.45, 7) is 3.66. The van der Waals surface area contributed by atoms with Crippen LogP contribution in [0.1, 0.15) is 24.8 Å². The van der Waals surface area contributed by atoms with Crippen LogP contribution in [0.5, 0.6) is 0 Å². The number of fused-ring (bicyclic) bond motifs is 1. The number of benzene rings is 1. The van der Waals surface area contributed by atoms with Crippen LogP contribution in [0, 0.1) is 0 Å². The van der Waals surface area contributed by atoms with Crippen LogP contribution < -0.4 is 0 Å². The Labute approximate surface area is 115 Å². The molecule has 1 aromatic heterocycles. The fourth-order valence-electron chi connectivity index (χ4n) is 2.53. The molecule has 2 aromatic rings. The summed E-state index contributed by atoms with van der Waals surface area (Å²) < 4.78 is 2.59. The zero-order valence-corrected chi connectivity index (χ0v) is 12.2. The molecule has 1 nitrogen and oxygen atoms in total. The minimum absolute atomic E-state index is 1.12. The van der Waals surface area contributed by atoms with Crippen LogP contribution >= 0.6 is 27.3 Å². The largest absolute Gasteiger partial charge is 0.299 e. The minimum atomic E-state index is 1.12. The Morgan fingerprint density at radius 3 is 2.82 bits per heavy atom. The van der Waals surface area contributed by atoms with Gasteiger partial charge in [-0.3, -0.25) is 4.90 Å². The first-order chi connectivity index (χ1) is 8.33. The Kier molecular flexibility index (Phi) is 3.50. The summed E-state index contributed by atoms with van der Waals surface area (Å²) in [6.07, 6.45) is 4.14. The molecule has 1 fully saturated rings. The number of rotatable bonds is 2. The van der Waals surface area contributed by atoms with Gasteiger partial charge in [0.25, 0.3) is 0 Å². The molecule has 0 saturated carbocycles. The third-order valence-electron chi connectivity index (χ3n) is 3.46. The van der Waals surface area contributed by atoms with E-state index in [-0.39, 0.29) is 0 Å². The lowest BCUT2D eigenvalue weighted by Gasteiger charge is -2.26. The van der Waals surface area contributed by atoms with Crippen molar-refractivity contribution in [3.05, 3.63) is 33.6 Å². The molecule has 3 heteroatoms. The van der Waals surface area contributed by atoms with Gasteiger partial charge in [-0.25, -0.2) is 0 Å². The second kappa shape index (κ2) is 5.09.